The maximum Gasteiger partial charge on any atom is 0.264 e. The van der Waals surface area contributed by atoms with Crippen LogP contribution in [0.3, 0.4) is 0 Å². The van der Waals surface area contributed by atoms with Crippen LogP contribution in [-0.2, 0) is 4.79 Å². The van der Waals surface area contributed by atoms with Gasteiger partial charge in [0.05, 0.1) is 6.54 Å². The van der Waals surface area contributed by atoms with E-state index in [1.807, 2.05) is 0 Å². The maximum absolute atomic E-state index is 11.5. The van der Waals surface area contributed by atoms with Gasteiger partial charge < -0.3 is 10.6 Å². The number of aromatic nitrogens is 2. The molecule has 1 aliphatic rings. The number of aromatic amines is 1. The fourth-order valence-electron chi connectivity index (χ4n) is 1.97. The van der Waals surface area contributed by atoms with Gasteiger partial charge in [-0.2, -0.15) is 5.10 Å². The summed E-state index contributed by atoms with van der Waals surface area (Å²) in [6.45, 7) is 0.283. The first-order valence-corrected chi connectivity index (χ1v) is 5.83. The van der Waals surface area contributed by atoms with Gasteiger partial charge in [0.15, 0.2) is 5.82 Å². The van der Waals surface area contributed by atoms with Crippen molar-refractivity contribution in [2.45, 2.75) is 31.7 Å². The molecule has 1 amide bonds. The number of nitrogens with one attached hydrogen (secondary N) is 3. The SMILES string of the molecule is O=C(CNC1CCCC1)Nc1ccc(=O)[nH]n1. The molecule has 2 rings (SSSR count). The molecule has 3 N–H and O–H groups in total. The number of nitrogens with zero attached hydrogens (tertiary/aromatic N) is 1. The average Bonchev–Trinajstić information content (AvgIpc) is 2.83. The minimum Gasteiger partial charge on any atom is -0.308 e. The zero-order valence-corrected chi connectivity index (χ0v) is 9.53. The molecule has 0 unspecified atom stereocenters. The molecule has 17 heavy (non-hydrogen) atoms. The highest BCUT2D eigenvalue weighted by atomic mass is 16.2. The van der Waals surface area contributed by atoms with Crippen LogP contribution in [0.25, 0.3) is 0 Å². The van der Waals surface area contributed by atoms with E-state index in [4.69, 9.17) is 0 Å². The lowest BCUT2D eigenvalue weighted by molar-refractivity contribution is -0.115. The largest absolute Gasteiger partial charge is 0.308 e. The number of hydrogen-bond acceptors (Lipinski definition) is 4. The van der Waals surface area contributed by atoms with Gasteiger partial charge in [-0.15, -0.1) is 0 Å². The number of rotatable bonds is 4. The van der Waals surface area contributed by atoms with Crippen LogP contribution in [0.5, 0.6) is 0 Å². The number of carbonyl (C=O) groups excluding carboxylic acids is 1. The van der Waals surface area contributed by atoms with E-state index in [1.165, 1.54) is 25.0 Å². The molecular formula is C11H16N4O2. The summed E-state index contributed by atoms with van der Waals surface area (Å²) in [5.74, 6) is 0.222. The Morgan fingerprint density at radius 1 is 1.41 bits per heavy atom. The molecule has 1 heterocycles. The molecule has 0 spiro atoms. The Kier molecular flexibility index (Phi) is 3.87. The highest BCUT2D eigenvalue weighted by molar-refractivity contribution is 5.91. The molecule has 1 fully saturated rings. The predicted octanol–water partition coefficient (Wildman–Crippen LogP) is 0.241. The van der Waals surface area contributed by atoms with E-state index in [2.05, 4.69) is 20.8 Å². The Morgan fingerprint density at radius 3 is 2.82 bits per heavy atom. The molecule has 1 aliphatic carbocycles. The van der Waals surface area contributed by atoms with Gasteiger partial charge in [0, 0.05) is 12.1 Å². The normalized spacial score (nSPS) is 16.0. The van der Waals surface area contributed by atoms with Gasteiger partial charge >= 0.3 is 0 Å². The van der Waals surface area contributed by atoms with E-state index in [0.29, 0.717) is 11.9 Å². The van der Waals surface area contributed by atoms with Gasteiger partial charge in [-0.1, -0.05) is 12.8 Å². The van der Waals surface area contributed by atoms with Gasteiger partial charge in [0.1, 0.15) is 0 Å². The fraction of sp³-hybridized carbons (Fsp3) is 0.545. The van der Waals surface area contributed by atoms with E-state index in [0.717, 1.165) is 12.8 Å². The van der Waals surface area contributed by atoms with Crippen LogP contribution in [0.15, 0.2) is 16.9 Å². The number of hydrogen-bond donors (Lipinski definition) is 3. The number of anilines is 1. The van der Waals surface area contributed by atoms with Crippen molar-refractivity contribution in [3.63, 3.8) is 0 Å². The molecule has 0 aromatic carbocycles. The first-order chi connectivity index (χ1) is 8.24. The first-order valence-electron chi connectivity index (χ1n) is 5.83. The summed E-state index contributed by atoms with van der Waals surface area (Å²) in [5, 5.41) is 11.8. The minimum atomic E-state index is -0.285. The van der Waals surface area contributed by atoms with Crippen molar-refractivity contribution in [3.05, 3.63) is 22.5 Å². The second kappa shape index (κ2) is 5.58. The number of H-pyrrole nitrogens is 1. The van der Waals surface area contributed by atoms with Crippen molar-refractivity contribution in [1.82, 2.24) is 15.5 Å². The van der Waals surface area contributed by atoms with Gasteiger partial charge in [-0.05, 0) is 18.9 Å². The molecule has 1 aromatic rings. The molecule has 0 bridgehead atoms. The quantitative estimate of drug-likeness (QED) is 0.699. The maximum atomic E-state index is 11.5. The zero-order valence-electron chi connectivity index (χ0n) is 9.53. The molecule has 1 saturated carbocycles. The van der Waals surface area contributed by atoms with Gasteiger partial charge in [-0.25, -0.2) is 5.10 Å². The highest BCUT2D eigenvalue weighted by Crippen LogP contribution is 2.17. The van der Waals surface area contributed by atoms with Gasteiger partial charge in [0.25, 0.3) is 5.56 Å². The second-order valence-electron chi connectivity index (χ2n) is 4.22. The van der Waals surface area contributed by atoms with Gasteiger partial charge in [-0.3, -0.25) is 9.59 Å². The summed E-state index contributed by atoms with van der Waals surface area (Å²) in [6, 6.07) is 3.27. The van der Waals surface area contributed by atoms with Crippen molar-refractivity contribution >= 4 is 11.7 Å². The van der Waals surface area contributed by atoms with Crippen LogP contribution >= 0.6 is 0 Å². The summed E-state index contributed by atoms with van der Waals surface area (Å²) in [4.78, 5) is 22.3. The van der Waals surface area contributed by atoms with E-state index in [1.54, 1.807) is 0 Å². The van der Waals surface area contributed by atoms with Crippen LogP contribution in [-0.4, -0.2) is 28.7 Å². The lowest BCUT2D eigenvalue weighted by atomic mass is 10.2. The Hall–Kier alpha value is -1.69. The summed E-state index contributed by atoms with van der Waals surface area (Å²) in [7, 11) is 0. The van der Waals surface area contributed by atoms with Crippen molar-refractivity contribution in [3.8, 4) is 0 Å². The van der Waals surface area contributed by atoms with E-state index in [-0.39, 0.29) is 18.0 Å². The summed E-state index contributed by atoms with van der Waals surface area (Å²) in [5.41, 5.74) is -0.285. The molecule has 92 valence electrons. The van der Waals surface area contributed by atoms with Crippen LogP contribution in [0.1, 0.15) is 25.7 Å². The van der Waals surface area contributed by atoms with Crippen LogP contribution < -0.4 is 16.2 Å². The van der Waals surface area contributed by atoms with E-state index >= 15 is 0 Å². The van der Waals surface area contributed by atoms with Crippen molar-refractivity contribution in [2.75, 3.05) is 11.9 Å². The Labute approximate surface area is 98.8 Å². The van der Waals surface area contributed by atoms with Crippen molar-refractivity contribution < 1.29 is 4.79 Å². The highest BCUT2D eigenvalue weighted by Gasteiger charge is 2.15. The topological polar surface area (TPSA) is 86.9 Å². The standard InChI is InChI=1S/C11H16N4O2/c16-10-6-5-9(14-15-10)13-11(17)7-12-8-3-1-2-4-8/h5-6,8,12H,1-4,7H2,(H,15,16)(H,13,14,17). The van der Waals surface area contributed by atoms with Crippen molar-refractivity contribution in [1.29, 1.82) is 0 Å². The molecule has 0 radical (unpaired) electrons. The van der Waals surface area contributed by atoms with E-state index in [9.17, 15) is 9.59 Å². The minimum absolute atomic E-state index is 0.142. The Morgan fingerprint density at radius 2 is 2.18 bits per heavy atom. The third-order valence-corrected chi connectivity index (χ3v) is 2.85. The summed E-state index contributed by atoms with van der Waals surface area (Å²) in [6.07, 6.45) is 4.76. The van der Waals surface area contributed by atoms with Gasteiger partial charge in [0.2, 0.25) is 5.91 Å². The van der Waals surface area contributed by atoms with Crippen LogP contribution in [0.4, 0.5) is 5.82 Å². The Balaban J connectivity index is 1.76. The average molecular weight is 236 g/mol. The van der Waals surface area contributed by atoms with Crippen LogP contribution in [0, 0.1) is 0 Å². The predicted molar refractivity (Wildman–Crippen MR) is 63.7 cm³/mol. The second-order valence-corrected chi connectivity index (χ2v) is 4.22. The molecular weight excluding hydrogens is 220 g/mol. The zero-order chi connectivity index (χ0) is 12.1. The molecule has 0 saturated heterocycles. The number of amides is 1. The molecule has 1 aromatic heterocycles. The first kappa shape index (κ1) is 11.8. The third-order valence-electron chi connectivity index (χ3n) is 2.85. The smallest absolute Gasteiger partial charge is 0.264 e. The number of carbonyl (C=O) groups is 1. The lowest BCUT2D eigenvalue weighted by Gasteiger charge is -2.11. The lowest BCUT2D eigenvalue weighted by Crippen LogP contribution is -2.34. The fourth-order valence-corrected chi connectivity index (χ4v) is 1.97. The molecule has 6 heteroatoms. The third kappa shape index (κ3) is 3.67. The van der Waals surface area contributed by atoms with Crippen molar-refractivity contribution in [2.24, 2.45) is 0 Å². The summed E-state index contributed by atoms with van der Waals surface area (Å²) < 4.78 is 0. The summed E-state index contributed by atoms with van der Waals surface area (Å²) >= 11 is 0. The monoisotopic (exact) mass is 236 g/mol. The molecule has 0 aliphatic heterocycles. The van der Waals surface area contributed by atoms with E-state index < -0.39 is 0 Å². The molecule has 0 atom stereocenters. The Bertz CT molecular complexity index is 417. The van der Waals surface area contributed by atoms with Crippen LogP contribution in [0.2, 0.25) is 0 Å². The molecule has 6 nitrogen and oxygen atoms in total.